The molecule has 2 aromatic rings. The van der Waals surface area contributed by atoms with Crippen LogP contribution >= 0.6 is 0 Å². The fraction of sp³-hybridized carbons (Fsp3) is 0.417. The van der Waals surface area contributed by atoms with E-state index in [1.165, 1.54) is 0 Å². The highest BCUT2D eigenvalue weighted by Gasteiger charge is 2.31. The number of carbonyl (C=O) groups excluding carboxylic acids is 2. The number of aryl methyl sites for hydroxylation is 1. The van der Waals surface area contributed by atoms with E-state index in [2.05, 4.69) is 0 Å². The minimum atomic E-state index is 0.0372. The van der Waals surface area contributed by atoms with Gasteiger partial charge in [-0.05, 0) is 49.9 Å². The lowest BCUT2D eigenvalue weighted by atomic mass is 10.0. The van der Waals surface area contributed by atoms with Gasteiger partial charge in [-0.1, -0.05) is 30.3 Å². The molecule has 1 aliphatic heterocycles. The molecular weight excluding hydrogens is 364 g/mol. The Hall–Kier alpha value is -2.82. The van der Waals surface area contributed by atoms with Gasteiger partial charge < -0.3 is 15.4 Å². The van der Waals surface area contributed by atoms with Crippen LogP contribution in [-0.2, 0) is 16.0 Å². The largest absolute Gasteiger partial charge is 0.494 e. The maximum absolute atomic E-state index is 12.8. The highest BCUT2D eigenvalue weighted by atomic mass is 16.5. The fourth-order valence-corrected chi connectivity index (χ4v) is 3.91. The van der Waals surface area contributed by atoms with Gasteiger partial charge in [0.15, 0.2) is 0 Å². The summed E-state index contributed by atoms with van der Waals surface area (Å²) in [6, 6.07) is 15.6. The van der Waals surface area contributed by atoms with Crippen molar-refractivity contribution in [3.63, 3.8) is 0 Å². The van der Waals surface area contributed by atoms with Crippen molar-refractivity contribution in [1.82, 2.24) is 4.90 Å². The Morgan fingerprint density at radius 2 is 1.83 bits per heavy atom. The number of benzene rings is 2. The Kier molecular flexibility index (Phi) is 7.28. The lowest BCUT2D eigenvalue weighted by Gasteiger charge is -2.26. The van der Waals surface area contributed by atoms with Crippen LogP contribution in [0.4, 0.5) is 5.69 Å². The number of rotatable bonds is 9. The number of hydrogen-bond acceptors (Lipinski definition) is 4. The molecule has 0 bridgehead atoms. The van der Waals surface area contributed by atoms with Gasteiger partial charge in [-0.15, -0.1) is 0 Å². The van der Waals surface area contributed by atoms with E-state index in [-0.39, 0.29) is 24.2 Å². The number of hydrogen-bond donors (Lipinski definition) is 1. The number of Topliss-reactive ketones (excluding diaryl/α,β-unsaturated/α-hetero) is 1. The van der Waals surface area contributed by atoms with E-state index >= 15 is 0 Å². The quantitative estimate of drug-likeness (QED) is 0.643. The number of ether oxygens (including phenoxy) is 1. The number of para-hydroxylation sites is 1. The Morgan fingerprint density at radius 3 is 2.59 bits per heavy atom. The fourth-order valence-electron chi connectivity index (χ4n) is 3.91. The second-order valence-corrected chi connectivity index (χ2v) is 7.50. The first-order chi connectivity index (χ1) is 14.1. The highest BCUT2D eigenvalue weighted by Crippen LogP contribution is 2.37. The monoisotopic (exact) mass is 394 g/mol. The van der Waals surface area contributed by atoms with Crippen LogP contribution in [0.1, 0.15) is 56.2 Å². The van der Waals surface area contributed by atoms with Crippen LogP contribution in [0.2, 0.25) is 0 Å². The van der Waals surface area contributed by atoms with Gasteiger partial charge in [-0.25, -0.2) is 0 Å². The van der Waals surface area contributed by atoms with Crippen LogP contribution < -0.4 is 10.5 Å². The smallest absolute Gasteiger partial charge is 0.223 e. The van der Waals surface area contributed by atoms with E-state index in [0.29, 0.717) is 25.9 Å². The summed E-state index contributed by atoms with van der Waals surface area (Å²) in [5.74, 6) is 1.03. The SMILES string of the molecule is CCOc1ccccc1C1CCCN1C(=O)CCC(=O)CCc1ccc(N)cc1. The van der Waals surface area contributed by atoms with Gasteiger partial charge in [-0.2, -0.15) is 0 Å². The average Bonchev–Trinajstić information content (AvgIpc) is 3.22. The zero-order chi connectivity index (χ0) is 20.6. The Balaban J connectivity index is 1.53. The molecule has 0 aliphatic carbocycles. The highest BCUT2D eigenvalue weighted by molar-refractivity contribution is 5.85. The minimum absolute atomic E-state index is 0.0372. The second kappa shape index (κ2) is 10.1. The van der Waals surface area contributed by atoms with Crippen molar-refractivity contribution in [3.05, 3.63) is 59.7 Å². The van der Waals surface area contributed by atoms with Crippen LogP contribution in [0.3, 0.4) is 0 Å². The number of nitrogens with two attached hydrogens (primary N) is 1. The third-order valence-electron chi connectivity index (χ3n) is 5.44. The van der Waals surface area contributed by atoms with E-state index < -0.39 is 0 Å². The molecule has 29 heavy (non-hydrogen) atoms. The van der Waals surface area contributed by atoms with Crippen LogP contribution in [0.15, 0.2) is 48.5 Å². The molecule has 1 fully saturated rings. The Bertz CT molecular complexity index is 832. The molecule has 1 amide bonds. The molecule has 2 aromatic carbocycles. The van der Waals surface area contributed by atoms with Crippen molar-refractivity contribution in [2.75, 3.05) is 18.9 Å². The van der Waals surface area contributed by atoms with Crippen molar-refractivity contribution in [2.45, 2.75) is 51.5 Å². The van der Waals surface area contributed by atoms with Crippen LogP contribution in [0, 0.1) is 0 Å². The number of amides is 1. The first-order valence-electron chi connectivity index (χ1n) is 10.5. The first kappa shape index (κ1) is 20.9. The standard InChI is InChI=1S/C24H30N2O3/c1-2-29-23-8-4-3-6-21(23)22-7-5-17-26(22)24(28)16-15-20(27)14-11-18-9-12-19(25)13-10-18/h3-4,6,8-10,12-13,22H,2,5,7,11,14-17,25H2,1H3. The summed E-state index contributed by atoms with van der Waals surface area (Å²) >= 11 is 0. The van der Waals surface area contributed by atoms with Gasteiger partial charge in [0, 0.05) is 37.1 Å². The van der Waals surface area contributed by atoms with Crippen LogP contribution in [0.5, 0.6) is 5.75 Å². The molecule has 1 aliphatic rings. The predicted molar refractivity (Wildman–Crippen MR) is 115 cm³/mol. The summed E-state index contributed by atoms with van der Waals surface area (Å²) in [6.07, 6.45) is 3.61. The molecule has 0 aromatic heterocycles. The number of anilines is 1. The number of nitrogens with zero attached hydrogens (tertiary/aromatic N) is 1. The number of ketones is 1. The van der Waals surface area contributed by atoms with E-state index in [4.69, 9.17) is 10.5 Å². The molecule has 1 unspecified atom stereocenters. The Labute approximate surface area is 172 Å². The summed E-state index contributed by atoms with van der Waals surface area (Å²) < 4.78 is 5.76. The third-order valence-corrected chi connectivity index (χ3v) is 5.44. The normalized spacial score (nSPS) is 16.0. The van der Waals surface area contributed by atoms with Crippen LogP contribution in [0.25, 0.3) is 0 Å². The van der Waals surface area contributed by atoms with Crippen molar-refractivity contribution < 1.29 is 14.3 Å². The summed E-state index contributed by atoms with van der Waals surface area (Å²) in [6.45, 7) is 3.30. The maximum atomic E-state index is 12.8. The van der Waals surface area contributed by atoms with Gasteiger partial charge in [0.1, 0.15) is 11.5 Å². The molecular formula is C24H30N2O3. The lowest BCUT2D eigenvalue weighted by molar-refractivity contribution is -0.134. The van der Waals surface area contributed by atoms with E-state index in [9.17, 15) is 9.59 Å². The molecule has 1 saturated heterocycles. The van der Waals surface area contributed by atoms with Gasteiger partial charge in [0.05, 0.1) is 12.6 Å². The molecule has 0 saturated carbocycles. The topological polar surface area (TPSA) is 72.6 Å². The molecule has 5 heteroatoms. The van der Waals surface area contributed by atoms with Gasteiger partial charge in [0.25, 0.3) is 0 Å². The van der Waals surface area contributed by atoms with Crippen molar-refractivity contribution >= 4 is 17.4 Å². The molecule has 1 heterocycles. The average molecular weight is 395 g/mol. The molecule has 0 spiro atoms. The van der Waals surface area contributed by atoms with Crippen molar-refractivity contribution in [1.29, 1.82) is 0 Å². The zero-order valence-electron chi connectivity index (χ0n) is 17.1. The summed E-state index contributed by atoms with van der Waals surface area (Å²) in [5.41, 5.74) is 8.56. The molecule has 154 valence electrons. The van der Waals surface area contributed by atoms with Gasteiger partial charge in [-0.3, -0.25) is 9.59 Å². The summed E-state index contributed by atoms with van der Waals surface area (Å²) in [5, 5.41) is 0. The first-order valence-corrected chi connectivity index (χ1v) is 10.5. The number of carbonyl (C=O) groups is 2. The third kappa shape index (κ3) is 5.59. The van der Waals surface area contributed by atoms with Crippen molar-refractivity contribution in [3.8, 4) is 5.75 Å². The van der Waals surface area contributed by atoms with Gasteiger partial charge in [0.2, 0.25) is 5.91 Å². The molecule has 1 atom stereocenters. The Morgan fingerprint density at radius 1 is 1.07 bits per heavy atom. The molecule has 2 N–H and O–H groups in total. The zero-order valence-corrected chi connectivity index (χ0v) is 17.1. The predicted octanol–water partition coefficient (Wildman–Crippen LogP) is 4.31. The lowest BCUT2D eigenvalue weighted by Crippen LogP contribution is -2.31. The maximum Gasteiger partial charge on any atom is 0.223 e. The summed E-state index contributed by atoms with van der Waals surface area (Å²) in [4.78, 5) is 27.0. The van der Waals surface area contributed by atoms with Crippen molar-refractivity contribution in [2.24, 2.45) is 0 Å². The minimum Gasteiger partial charge on any atom is -0.494 e. The number of likely N-dealkylation sites (tertiary alicyclic amines) is 1. The molecule has 5 nitrogen and oxygen atoms in total. The van der Waals surface area contributed by atoms with E-state index in [0.717, 1.165) is 42.0 Å². The van der Waals surface area contributed by atoms with E-state index in [1.807, 2.05) is 60.4 Å². The second-order valence-electron chi connectivity index (χ2n) is 7.50. The van der Waals surface area contributed by atoms with Crippen LogP contribution in [-0.4, -0.2) is 29.7 Å². The molecule has 0 radical (unpaired) electrons. The van der Waals surface area contributed by atoms with E-state index in [1.54, 1.807) is 0 Å². The van der Waals surface area contributed by atoms with Gasteiger partial charge >= 0.3 is 0 Å². The number of nitrogen functional groups attached to an aromatic ring is 1. The molecule has 3 rings (SSSR count). The summed E-state index contributed by atoms with van der Waals surface area (Å²) in [7, 11) is 0.